The number of para-hydroxylation sites is 1. The van der Waals surface area contributed by atoms with Crippen molar-refractivity contribution in [2.24, 2.45) is 0 Å². The van der Waals surface area contributed by atoms with Gasteiger partial charge in [0.05, 0.1) is 16.7 Å². The lowest BCUT2D eigenvalue weighted by molar-refractivity contribution is 0.664. The Morgan fingerprint density at radius 3 is 2.21 bits per heavy atom. The lowest BCUT2D eigenvalue weighted by atomic mass is 9.81. The van der Waals surface area contributed by atoms with Gasteiger partial charge in [-0.25, -0.2) is 0 Å². The van der Waals surface area contributed by atoms with Gasteiger partial charge in [-0.05, 0) is 57.0 Å². The molecule has 1 aliphatic carbocycles. The summed E-state index contributed by atoms with van der Waals surface area (Å²) >= 11 is 0. The lowest BCUT2D eigenvalue weighted by Crippen LogP contribution is -2.16. The molecular formula is C37H27N. The van der Waals surface area contributed by atoms with Crippen LogP contribution in [-0.2, 0) is 5.41 Å². The van der Waals surface area contributed by atoms with Gasteiger partial charge in [0.15, 0.2) is 0 Å². The molecule has 38 heavy (non-hydrogen) atoms. The molecule has 1 aliphatic rings. The van der Waals surface area contributed by atoms with Gasteiger partial charge in [-0.3, -0.25) is 0 Å². The second-order valence-electron chi connectivity index (χ2n) is 11.0. The summed E-state index contributed by atoms with van der Waals surface area (Å²) in [6, 6.07) is 46.8. The van der Waals surface area contributed by atoms with E-state index in [1.165, 1.54) is 71.6 Å². The molecule has 1 heterocycles. The summed E-state index contributed by atoms with van der Waals surface area (Å²) in [7, 11) is 0. The number of fused-ring (bicyclic) bond motifs is 8. The highest BCUT2D eigenvalue weighted by Gasteiger charge is 2.38. The van der Waals surface area contributed by atoms with Crippen molar-refractivity contribution in [1.29, 1.82) is 0 Å². The van der Waals surface area contributed by atoms with E-state index in [0.717, 1.165) is 0 Å². The van der Waals surface area contributed by atoms with E-state index in [4.69, 9.17) is 0 Å². The van der Waals surface area contributed by atoms with Gasteiger partial charge in [0.1, 0.15) is 0 Å². The third kappa shape index (κ3) is 2.82. The molecule has 0 amide bonds. The Kier molecular flexibility index (Phi) is 4.35. The molecule has 7 aromatic rings. The highest BCUT2D eigenvalue weighted by atomic mass is 15.0. The van der Waals surface area contributed by atoms with Crippen LogP contribution in [0.3, 0.4) is 0 Å². The zero-order chi connectivity index (χ0) is 25.4. The molecule has 6 aromatic carbocycles. The van der Waals surface area contributed by atoms with E-state index < -0.39 is 0 Å². The maximum atomic E-state index is 2.54. The average molecular weight is 486 g/mol. The molecule has 180 valence electrons. The van der Waals surface area contributed by atoms with Crippen LogP contribution in [0, 0.1) is 0 Å². The fourth-order valence-electron chi connectivity index (χ4n) is 6.82. The average Bonchev–Trinajstić information content (AvgIpc) is 3.42. The largest absolute Gasteiger partial charge is 0.308 e. The Balaban J connectivity index is 1.53. The minimum absolute atomic E-state index is 0.0999. The predicted molar refractivity (Wildman–Crippen MR) is 161 cm³/mol. The van der Waals surface area contributed by atoms with Gasteiger partial charge in [0.2, 0.25) is 0 Å². The second kappa shape index (κ2) is 7.69. The van der Waals surface area contributed by atoms with E-state index >= 15 is 0 Å². The number of hydrogen-bond acceptors (Lipinski definition) is 0. The number of hydrogen-bond donors (Lipinski definition) is 0. The van der Waals surface area contributed by atoms with Crippen LogP contribution >= 0.6 is 0 Å². The molecule has 0 saturated carbocycles. The third-order valence-electron chi connectivity index (χ3n) is 8.56. The number of rotatable bonds is 2. The highest BCUT2D eigenvalue weighted by Crippen LogP contribution is 2.53. The summed E-state index contributed by atoms with van der Waals surface area (Å²) < 4.78 is 2.54. The topological polar surface area (TPSA) is 4.93 Å². The Bertz CT molecular complexity index is 2040. The smallest absolute Gasteiger partial charge is 0.0588 e. The van der Waals surface area contributed by atoms with Crippen LogP contribution in [0.2, 0.25) is 0 Å². The number of nitrogens with zero attached hydrogens (tertiary/aromatic N) is 1. The van der Waals surface area contributed by atoms with Crippen LogP contribution in [0.5, 0.6) is 0 Å². The molecular weight excluding hydrogens is 458 g/mol. The maximum Gasteiger partial charge on any atom is 0.0588 e. The Labute approximate surface area is 222 Å². The summed E-state index contributed by atoms with van der Waals surface area (Å²) in [6.45, 7) is 4.77. The maximum absolute atomic E-state index is 2.54. The van der Waals surface area contributed by atoms with Gasteiger partial charge < -0.3 is 4.57 Å². The molecule has 0 N–H and O–H groups in total. The molecule has 0 fully saturated rings. The Morgan fingerprint density at radius 1 is 0.526 bits per heavy atom. The minimum Gasteiger partial charge on any atom is -0.308 e. The molecule has 0 unspecified atom stereocenters. The van der Waals surface area contributed by atoms with Crippen LogP contribution < -0.4 is 0 Å². The van der Waals surface area contributed by atoms with Gasteiger partial charge in [0.25, 0.3) is 0 Å². The second-order valence-corrected chi connectivity index (χ2v) is 11.0. The van der Waals surface area contributed by atoms with E-state index in [-0.39, 0.29) is 5.41 Å². The van der Waals surface area contributed by atoms with Gasteiger partial charge in [-0.15, -0.1) is 0 Å². The molecule has 0 radical (unpaired) electrons. The molecule has 0 atom stereocenters. The normalized spacial score (nSPS) is 13.7. The van der Waals surface area contributed by atoms with Crippen molar-refractivity contribution in [3.8, 4) is 27.9 Å². The molecule has 1 heteroatoms. The molecule has 8 rings (SSSR count). The first-order valence-electron chi connectivity index (χ1n) is 13.4. The fraction of sp³-hybridized carbons (Fsp3) is 0.0811. The van der Waals surface area contributed by atoms with Crippen LogP contribution in [0.4, 0.5) is 0 Å². The summed E-state index contributed by atoms with van der Waals surface area (Å²) in [4.78, 5) is 0. The van der Waals surface area contributed by atoms with E-state index in [1.807, 2.05) is 0 Å². The van der Waals surface area contributed by atoms with E-state index in [2.05, 4.69) is 146 Å². The molecule has 0 saturated heterocycles. The quantitative estimate of drug-likeness (QED) is 0.230. The first-order valence-corrected chi connectivity index (χ1v) is 13.4. The van der Waals surface area contributed by atoms with Crippen LogP contribution in [0.15, 0.2) is 127 Å². The number of aromatic nitrogens is 1. The monoisotopic (exact) mass is 485 g/mol. The molecule has 0 aliphatic heterocycles. The predicted octanol–water partition coefficient (Wildman–Crippen LogP) is 9.91. The van der Waals surface area contributed by atoms with Crippen molar-refractivity contribution in [2.75, 3.05) is 0 Å². The lowest BCUT2D eigenvalue weighted by Gasteiger charge is -2.24. The van der Waals surface area contributed by atoms with Gasteiger partial charge in [-0.1, -0.05) is 123 Å². The van der Waals surface area contributed by atoms with Gasteiger partial charge in [0, 0.05) is 21.6 Å². The molecule has 0 bridgehead atoms. The van der Waals surface area contributed by atoms with E-state index in [0.29, 0.717) is 0 Å². The Hall–Kier alpha value is -4.62. The van der Waals surface area contributed by atoms with Crippen LogP contribution in [-0.4, -0.2) is 4.57 Å². The number of benzene rings is 6. The first-order chi connectivity index (χ1) is 18.6. The van der Waals surface area contributed by atoms with E-state index in [1.54, 1.807) is 0 Å². The molecule has 1 nitrogen and oxygen atoms in total. The highest BCUT2D eigenvalue weighted by molar-refractivity contribution is 6.14. The first kappa shape index (κ1) is 21.5. The van der Waals surface area contributed by atoms with Crippen molar-refractivity contribution in [3.63, 3.8) is 0 Å². The minimum atomic E-state index is -0.0999. The van der Waals surface area contributed by atoms with Crippen molar-refractivity contribution in [3.05, 3.63) is 139 Å². The summed E-state index contributed by atoms with van der Waals surface area (Å²) in [5, 5.41) is 5.13. The molecule has 1 aromatic heterocycles. The van der Waals surface area contributed by atoms with Crippen molar-refractivity contribution < 1.29 is 0 Å². The summed E-state index contributed by atoms with van der Waals surface area (Å²) in [5.41, 5.74) is 11.7. The Morgan fingerprint density at radius 2 is 1.32 bits per heavy atom. The van der Waals surface area contributed by atoms with Crippen LogP contribution in [0.25, 0.3) is 60.5 Å². The van der Waals surface area contributed by atoms with Gasteiger partial charge in [-0.2, -0.15) is 0 Å². The van der Waals surface area contributed by atoms with Crippen molar-refractivity contribution in [2.45, 2.75) is 19.3 Å². The third-order valence-corrected chi connectivity index (χ3v) is 8.56. The molecule has 0 spiro atoms. The summed E-state index contributed by atoms with van der Waals surface area (Å²) in [6.07, 6.45) is 0. The zero-order valence-corrected chi connectivity index (χ0v) is 21.6. The van der Waals surface area contributed by atoms with Crippen molar-refractivity contribution in [1.82, 2.24) is 4.57 Å². The SMILES string of the molecule is CC1(C)c2ccccc2-c2ccc3c4ccccc4n(-c4cccc5ccc(-c6ccccc6)cc45)c3c21. The fourth-order valence-corrected chi connectivity index (χ4v) is 6.82. The zero-order valence-electron chi connectivity index (χ0n) is 21.6. The van der Waals surface area contributed by atoms with Gasteiger partial charge >= 0.3 is 0 Å². The summed E-state index contributed by atoms with van der Waals surface area (Å²) in [5.74, 6) is 0. The van der Waals surface area contributed by atoms with Crippen molar-refractivity contribution >= 4 is 32.6 Å². The van der Waals surface area contributed by atoms with E-state index in [9.17, 15) is 0 Å². The standard InChI is InChI=1S/C37H27N/c1-37(2)32-16-8-6-14-27(32)29-21-22-30-28-15-7-9-17-33(28)38(36(30)35(29)37)34-18-10-13-25-19-20-26(23-31(25)34)24-11-4-3-5-12-24/h3-23H,1-2H3. The van der Waals surface area contributed by atoms with Crippen LogP contribution in [0.1, 0.15) is 25.0 Å².